The van der Waals surface area contributed by atoms with Crippen molar-refractivity contribution in [2.45, 2.75) is 37.8 Å². The van der Waals surface area contributed by atoms with E-state index in [1.807, 2.05) is 54.6 Å². The van der Waals surface area contributed by atoms with Crippen LogP contribution >= 0.6 is 0 Å². The van der Waals surface area contributed by atoms with Crippen LogP contribution in [0, 0.1) is 5.41 Å². The molecule has 39 heavy (non-hydrogen) atoms. The molecular weight excluding hydrogens is 494 g/mol. The van der Waals surface area contributed by atoms with Crippen molar-refractivity contribution in [1.82, 2.24) is 29.5 Å². The number of carboxylic acid groups (broad SMARTS) is 1. The minimum atomic E-state index is -0.812. The van der Waals surface area contributed by atoms with Gasteiger partial charge in [0.15, 0.2) is 5.65 Å². The van der Waals surface area contributed by atoms with Crippen molar-refractivity contribution in [3.8, 4) is 22.8 Å². The number of nitrogens with two attached hydrogens (primary N) is 1. The van der Waals surface area contributed by atoms with Crippen molar-refractivity contribution >= 4 is 22.9 Å². The Hall–Kier alpha value is -4.18. The molecule has 7 rings (SSSR count). The van der Waals surface area contributed by atoms with Gasteiger partial charge in [-0.2, -0.15) is 5.10 Å². The molecule has 2 aliphatic heterocycles. The van der Waals surface area contributed by atoms with E-state index in [9.17, 15) is 4.79 Å². The molecule has 0 bridgehead atoms. The summed E-state index contributed by atoms with van der Waals surface area (Å²) in [6.45, 7) is 3.33. The van der Waals surface area contributed by atoms with Crippen molar-refractivity contribution in [2.24, 2.45) is 5.41 Å². The number of anilines is 1. The number of para-hydroxylation sites is 1. The predicted octanol–water partition coefficient (Wildman–Crippen LogP) is 4.65. The van der Waals surface area contributed by atoms with Crippen molar-refractivity contribution in [3.63, 3.8) is 0 Å². The molecule has 200 valence electrons. The first kappa shape index (κ1) is 23.9. The van der Waals surface area contributed by atoms with E-state index < -0.39 is 6.09 Å². The zero-order valence-corrected chi connectivity index (χ0v) is 21.6. The monoisotopic (exact) mass is 525 g/mol. The van der Waals surface area contributed by atoms with Gasteiger partial charge >= 0.3 is 6.09 Å². The van der Waals surface area contributed by atoms with Crippen LogP contribution < -0.4 is 10.5 Å². The second kappa shape index (κ2) is 9.23. The van der Waals surface area contributed by atoms with Crippen LogP contribution in [0.15, 0.2) is 60.9 Å². The summed E-state index contributed by atoms with van der Waals surface area (Å²) < 4.78 is 8.02. The molecule has 10 heteroatoms. The lowest BCUT2D eigenvalue weighted by atomic mass is 9.60. The SMILES string of the molecule is Nc1ncnc2c1c(-c1ccc(Oc3ccccc3)cc1)nn2C1CC2(CCN(C3CN(C(=O)O)C3)CC2)C1. The van der Waals surface area contributed by atoms with Crippen LogP contribution in [0.3, 0.4) is 0 Å². The molecule has 3 N–H and O–H groups in total. The van der Waals surface area contributed by atoms with Crippen molar-refractivity contribution < 1.29 is 14.6 Å². The smallest absolute Gasteiger partial charge is 0.407 e. The molecule has 0 atom stereocenters. The lowest BCUT2D eigenvalue weighted by molar-refractivity contribution is -0.0447. The van der Waals surface area contributed by atoms with Gasteiger partial charge in [0, 0.05) is 24.7 Å². The molecule has 0 unspecified atom stereocenters. The van der Waals surface area contributed by atoms with Gasteiger partial charge in [-0.15, -0.1) is 0 Å². The van der Waals surface area contributed by atoms with E-state index in [4.69, 9.17) is 20.7 Å². The third kappa shape index (κ3) is 4.24. The van der Waals surface area contributed by atoms with Crippen LogP contribution in [0.2, 0.25) is 0 Å². The molecule has 2 saturated heterocycles. The normalized spacial score (nSPS) is 19.6. The number of hydrogen-bond acceptors (Lipinski definition) is 7. The number of amides is 1. The van der Waals surface area contributed by atoms with Crippen LogP contribution in [0.25, 0.3) is 22.3 Å². The molecule has 2 aromatic heterocycles. The summed E-state index contributed by atoms with van der Waals surface area (Å²) in [7, 11) is 0. The van der Waals surface area contributed by atoms with Gasteiger partial charge in [0.25, 0.3) is 0 Å². The van der Waals surface area contributed by atoms with Gasteiger partial charge in [-0.3, -0.25) is 4.90 Å². The van der Waals surface area contributed by atoms with Crippen LogP contribution in [0.5, 0.6) is 11.5 Å². The summed E-state index contributed by atoms with van der Waals surface area (Å²) in [4.78, 5) is 23.9. The summed E-state index contributed by atoms with van der Waals surface area (Å²) in [5.74, 6) is 1.98. The molecule has 1 spiro atoms. The van der Waals surface area contributed by atoms with E-state index in [2.05, 4.69) is 19.5 Å². The van der Waals surface area contributed by atoms with Gasteiger partial charge in [-0.25, -0.2) is 19.4 Å². The van der Waals surface area contributed by atoms with E-state index >= 15 is 0 Å². The molecule has 4 aromatic rings. The first-order chi connectivity index (χ1) is 19.0. The number of benzene rings is 2. The number of rotatable bonds is 5. The highest BCUT2D eigenvalue weighted by atomic mass is 16.5. The molecule has 1 aliphatic carbocycles. The third-order valence-corrected chi connectivity index (χ3v) is 8.82. The zero-order valence-electron chi connectivity index (χ0n) is 21.6. The Morgan fingerprint density at radius 1 is 0.949 bits per heavy atom. The number of likely N-dealkylation sites (tertiary alicyclic amines) is 2. The van der Waals surface area contributed by atoms with Crippen molar-refractivity contribution in [2.75, 3.05) is 31.9 Å². The van der Waals surface area contributed by atoms with E-state index in [-0.39, 0.29) is 6.04 Å². The number of hydrogen-bond donors (Lipinski definition) is 2. The first-order valence-corrected chi connectivity index (χ1v) is 13.5. The van der Waals surface area contributed by atoms with Gasteiger partial charge < -0.3 is 20.5 Å². The molecule has 1 saturated carbocycles. The minimum Gasteiger partial charge on any atom is -0.465 e. The van der Waals surface area contributed by atoms with Gasteiger partial charge in [-0.05, 0) is 80.6 Å². The van der Waals surface area contributed by atoms with Crippen LogP contribution in [-0.4, -0.2) is 73.0 Å². The average molecular weight is 526 g/mol. The van der Waals surface area contributed by atoms with E-state index in [0.29, 0.717) is 30.4 Å². The average Bonchev–Trinajstić information content (AvgIpc) is 3.28. The Morgan fingerprint density at radius 3 is 2.33 bits per heavy atom. The van der Waals surface area contributed by atoms with Crippen molar-refractivity contribution in [3.05, 3.63) is 60.9 Å². The number of nitrogen functional groups attached to an aromatic ring is 1. The fourth-order valence-electron chi connectivity index (χ4n) is 6.48. The number of carbonyl (C=O) groups is 1. The predicted molar refractivity (Wildman–Crippen MR) is 147 cm³/mol. The molecule has 0 radical (unpaired) electrons. The zero-order chi connectivity index (χ0) is 26.6. The largest absolute Gasteiger partial charge is 0.465 e. The summed E-state index contributed by atoms with van der Waals surface area (Å²) in [6, 6.07) is 18.2. The Bertz CT molecular complexity index is 1500. The first-order valence-electron chi connectivity index (χ1n) is 13.5. The topological polar surface area (TPSA) is 123 Å². The number of ether oxygens (including phenoxy) is 1. The Morgan fingerprint density at radius 2 is 1.64 bits per heavy atom. The number of fused-ring (bicyclic) bond motifs is 1. The molecule has 1 amide bonds. The fourth-order valence-corrected chi connectivity index (χ4v) is 6.48. The number of nitrogens with zero attached hydrogens (tertiary/aromatic N) is 6. The summed E-state index contributed by atoms with van der Waals surface area (Å²) in [5.41, 5.74) is 9.19. The Labute approximate surface area is 226 Å². The third-order valence-electron chi connectivity index (χ3n) is 8.82. The highest BCUT2D eigenvalue weighted by Gasteiger charge is 2.49. The van der Waals surface area contributed by atoms with Gasteiger partial charge in [0.05, 0.1) is 11.4 Å². The van der Waals surface area contributed by atoms with Crippen molar-refractivity contribution in [1.29, 1.82) is 0 Å². The Balaban J connectivity index is 1.07. The summed E-state index contributed by atoms with van der Waals surface area (Å²) >= 11 is 0. The summed E-state index contributed by atoms with van der Waals surface area (Å²) in [5, 5.41) is 15.0. The molecule has 10 nitrogen and oxygen atoms in total. The lowest BCUT2D eigenvalue weighted by Gasteiger charge is -2.55. The van der Waals surface area contributed by atoms with Crippen LogP contribution in [-0.2, 0) is 0 Å². The fraction of sp³-hybridized carbons (Fsp3) is 0.379. The van der Waals surface area contributed by atoms with E-state index in [0.717, 1.165) is 72.6 Å². The maximum absolute atomic E-state index is 11.1. The molecular formula is C29H31N7O3. The molecule has 3 aliphatic rings. The second-order valence-electron chi connectivity index (χ2n) is 11.1. The highest BCUT2D eigenvalue weighted by Crippen LogP contribution is 2.55. The van der Waals surface area contributed by atoms with E-state index in [1.54, 1.807) is 0 Å². The standard InChI is InChI=1S/C29H31N7O3/c30-26-24-25(19-6-8-23(9-7-19)39-22-4-2-1-3-5-22)33-36(27(24)32-18-31-26)20-14-29(15-20)10-12-34(13-11-29)21-16-35(17-21)28(37)38/h1-9,18,20-21H,10-17H2,(H,37,38)(H2,30,31,32). The van der Waals surface area contributed by atoms with Crippen LogP contribution in [0.1, 0.15) is 31.7 Å². The maximum Gasteiger partial charge on any atom is 0.407 e. The van der Waals surface area contributed by atoms with Gasteiger partial charge in [0.2, 0.25) is 0 Å². The molecule has 4 heterocycles. The Kier molecular flexibility index (Phi) is 5.66. The van der Waals surface area contributed by atoms with Gasteiger partial charge in [0.1, 0.15) is 29.3 Å². The molecule has 2 aromatic carbocycles. The van der Waals surface area contributed by atoms with E-state index in [1.165, 1.54) is 11.2 Å². The van der Waals surface area contributed by atoms with Gasteiger partial charge in [-0.1, -0.05) is 18.2 Å². The maximum atomic E-state index is 11.1. The number of aromatic nitrogens is 4. The quantitative estimate of drug-likeness (QED) is 0.386. The highest BCUT2D eigenvalue weighted by molar-refractivity contribution is 5.98. The molecule has 3 fully saturated rings. The minimum absolute atomic E-state index is 0.272. The lowest BCUT2D eigenvalue weighted by Crippen LogP contribution is -2.63. The number of piperidine rings is 1. The second-order valence-corrected chi connectivity index (χ2v) is 11.1. The van der Waals surface area contributed by atoms with Crippen LogP contribution in [0.4, 0.5) is 10.6 Å². The summed E-state index contributed by atoms with van der Waals surface area (Å²) in [6.07, 6.45) is 5.11.